The molecule has 1 aliphatic carbocycles. The van der Waals surface area contributed by atoms with E-state index in [4.69, 9.17) is 4.42 Å². The normalized spacial score (nSPS) is 13.6. The Kier molecular flexibility index (Phi) is 4.37. The molecule has 29 heavy (non-hydrogen) atoms. The zero-order valence-electron chi connectivity index (χ0n) is 15.9. The molecule has 2 aromatic carbocycles. The number of allylic oxidation sites excluding steroid dienone is 1. The van der Waals surface area contributed by atoms with Gasteiger partial charge in [0.25, 0.3) is 0 Å². The van der Waals surface area contributed by atoms with E-state index in [1.807, 2.05) is 24.3 Å². The summed E-state index contributed by atoms with van der Waals surface area (Å²) in [4.78, 5) is 8.62. The molecule has 0 saturated carbocycles. The lowest BCUT2D eigenvalue weighted by Gasteiger charge is -2.11. The molecule has 2 heterocycles. The molecule has 4 aromatic rings. The van der Waals surface area contributed by atoms with Crippen LogP contribution in [0.2, 0.25) is 0 Å². The van der Waals surface area contributed by atoms with E-state index in [1.54, 1.807) is 18.6 Å². The van der Waals surface area contributed by atoms with Crippen LogP contribution in [0.3, 0.4) is 0 Å². The van der Waals surface area contributed by atoms with Gasteiger partial charge in [0.15, 0.2) is 0 Å². The SMILES string of the molecule is CC(Nc1nnc(-c2ccc3c(c2)C(c2cnccn2)=CC3)o1)c1ccccc1. The van der Waals surface area contributed by atoms with Crippen molar-refractivity contribution in [3.05, 3.63) is 95.6 Å². The van der Waals surface area contributed by atoms with Gasteiger partial charge < -0.3 is 9.73 Å². The van der Waals surface area contributed by atoms with Crippen molar-refractivity contribution < 1.29 is 4.42 Å². The van der Waals surface area contributed by atoms with Crippen molar-refractivity contribution in [2.75, 3.05) is 5.32 Å². The maximum Gasteiger partial charge on any atom is 0.316 e. The molecule has 6 nitrogen and oxygen atoms in total. The highest BCUT2D eigenvalue weighted by Crippen LogP contribution is 2.34. The first kappa shape index (κ1) is 17.3. The van der Waals surface area contributed by atoms with Crippen LogP contribution in [0.25, 0.3) is 17.0 Å². The molecular weight excluding hydrogens is 362 g/mol. The van der Waals surface area contributed by atoms with Crippen molar-refractivity contribution in [2.24, 2.45) is 0 Å². The summed E-state index contributed by atoms with van der Waals surface area (Å²) in [7, 11) is 0. The second-order valence-corrected chi connectivity index (χ2v) is 6.97. The van der Waals surface area contributed by atoms with E-state index >= 15 is 0 Å². The molecule has 1 atom stereocenters. The number of rotatable bonds is 5. The largest absolute Gasteiger partial charge is 0.403 e. The molecule has 0 bridgehead atoms. The number of nitrogens with one attached hydrogen (secondary N) is 1. The van der Waals surface area contributed by atoms with Crippen LogP contribution in [0.15, 0.2) is 77.6 Å². The Morgan fingerprint density at radius 3 is 2.76 bits per heavy atom. The van der Waals surface area contributed by atoms with Crippen LogP contribution >= 0.6 is 0 Å². The van der Waals surface area contributed by atoms with Crippen molar-refractivity contribution >= 4 is 11.6 Å². The summed E-state index contributed by atoms with van der Waals surface area (Å²) >= 11 is 0. The Morgan fingerprint density at radius 2 is 1.93 bits per heavy atom. The first-order valence-corrected chi connectivity index (χ1v) is 9.53. The van der Waals surface area contributed by atoms with Gasteiger partial charge in [-0.05, 0) is 42.2 Å². The van der Waals surface area contributed by atoms with Crippen LogP contribution in [-0.2, 0) is 6.42 Å². The fourth-order valence-electron chi connectivity index (χ4n) is 3.55. The standard InChI is InChI=1S/C23H19N5O/c1-15(16-5-3-2-4-6-16)26-23-28-27-22(29-23)18-8-7-17-9-10-19(20(17)13-18)21-14-24-11-12-25-21/h2-8,10-15H,9H2,1H3,(H,26,28). The molecular formula is C23H19N5O. The molecule has 142 valence electrons. The summed E-state index contributed by atoms with van der Waals surface area (Å²) in [6.45, 7) is 2.06. The third kappa shape index (κ3) is 3.40. The molecule has 1 N–H and O–H groups in total. The van der Waals surface area contributed by atoms with Crippen LogP contribution in [0.4, 0.5) is 6.01 Å². The Bertz CT molecular complexity index is 1170. The summed E-state index contributed by atoms with van der Waals surface area (Å²) in [5.41, 5.74) is 6.38. The van der Waals surface area contributed by atoms with E-state index in [9.17, 15) is 0 Å². The van der Waals surface area contributed by atoms with Gasteiger partial charge in [-0.3, -0.25) is 9.97 Å². The van der Waals surface area contributed by atoms with Crippen molar-refractivity contribution in [2.45, 2.75) is 19.4 Å². The van der Waals surface area contributed by atoms with E-state index < -0.39 is 0 Å². The number of benzene rings is 2. The van der Waals surface area contributed by atoms with Gasteiger partial charge >= 0.3 is 6.01 Å². The quantitative estimate of drug-likeness (QED) is 0.540. The Morgan fingerprint density at radius 1 is 1.03 bits per heavy atom. The Labute approximate surface area is 168 Å². The molecule has 0 amide bonds. The second kappa shape index (κ2) is 7.31. The predicted molar refractivity (Wildman–Crippen MR) is 111 cm³/mol. The van der Waals surface area contributed by atoms with E-state index in [2.05, 4.69) is 62.7 Å². The minimum atomic E-state index is 0.0655. The molecule has 0 radical (unpaired) electrons. The van der Waals surface area contributed by atoms with E-state index in [-0.39, 0.29) is 6.04 Å². The summed E-state index contributed by atoms with van der Waals surface area (Å²) < 4.78 is 5.88. The van der Waals surface area contributed by atoms with Gasteiger partial charge in [-0.1, -0.05) is 47.6 Å². The fraction of sp³-hybridized carbons (Fsp3) is 0.130. The maximum absolute atomic E-state index is 5.88. The Balaban J connectivity index is 1.40. The second-order valence-electron chi connectivity index (χ2n) is 6.97. The number of aromatic nitrogens is 4. The minimum absolute atomic E-state index is 0.0655. The lowest BCUT2D eigenvalue weighted by molar-refractivity contribution is 0.573. The van der Waals surface area contributed by atoms with Crippen LogP contribution in [0.1, 0.15) is 35.3 Å². The number of fused-ring (bicyclic) bond motifs is 1. The van der Waals surface area contributed by atoms with Crippen LogP contribution < -0.4 is 5.32 Å². The number of nitrogens with zero attached hydrogens (tertiary/aromatic N) is 4. The van der Waals surface area contributed by atoms with E-state index in [0.29, 0.717) is 11.9 Å². The first-order valence-electron chi connectivity index (χ1n) is 9.53. The molecule has 1 aliphatic rings. The smallest absolute Gasteiger partial charge is 0.316 e. The fourth-order valence-corrected chi connectivity index (χ4v) is 3.55. The number of hydrogen-bond donors (Lipinski definition) is 1. The van der Waals surface area contributed by atoms with Gasteiger partial charge in [0.1, 0.15) is 0 Å². The molecule has 6 heteroatoms. The van der Waals surface area contributed by atoms with Crippen LogP contribution in [-0.4, -0.2) is 20.2 Å². The van der Waals surface area contributed by atoms with Crippen LogP contribution in [0.5, 0.6) is 0 Å². The molecule has 2 aromatic heterocycles. The number of hydrogen-bond acceptors (Lipinski definition) is 6. The third-order valence-electron chi connectivity index (χ3n) is 5.08. The topological polar surface area (TPSA) is 76.7 Å². The summed E-state index contributed by atoms with van der Waals surface area (Å²) in [6, 6.07) is 16.8. The maximum atomic E-state index is 5.88. The molecule has 0 fully saturated rings. The minimum Gasteiger partial charge on any atom is -0.403 e. The van der Waals surface area contributed by atoms with Crippen molar-refractivity contribution in [3.8, 4) is 11.5 Å². The zero-order valence-corrected chi connectivity index (χ0v) is 15.9. The average molecular weight is 381 g/mol. The molecule has 0 saturated heterocycles. The summed E-state index contributed by atoms with van der Waals surface area (Å²) in [5.74, 6) is 0.487. The molecule has 0 aliphatic heterocycles. The highest BCUT2D eigenvalue weighted by Gasteiger charge is 2.19. The third-order valence-corrected chi connectivity index (χ3v) is 5.08. The lowest BCUT2D eigenvalue weighted by Crippen LogP contribution is -2.06. The van der Waals surface area contributed by atoms with Gasteiger partial charge in [0.2, 0.25) is 5.89 Å². The van der Waals surface area contributed by atoms with Gasteiger partial charge in [0, 0.05) is 23.5 Å². The molecule has 5 rings (SSSR count). The van der Waals surface area contributed by atoms with Crippen molar-refractivity contribution in [3.63, 3.8) is 0 Å². The monoisotopic (exact) mass is 381 g/mol. The number of anilines is 1. The van der Waals surface area contributed by atoms with Crippen LogP contribution in [0, 0.1) is 0 Å². The van der Waals surface area contributed by atoms with Gasteiger partial charge in [0.05, 0.1) is 17.9 Å². The lowest BCUT2D eigenvalue weighted by atomic mass is 10.0. The molecule has 1 unspecified atom stereocenters. The summed E-state index contributed by atoms with van der Waals surface area (Å²) in [5, 5.41) is 11.7. The van der Waals surface area contributed by atoms with Crippen molar-refractivity contribution in [1.29, 1.82) is 0 Å². The predicted octanol–water partition coefficient (Wildman–Crippen LogP) is 4.69. The van der Waals surface area contributed by atoms with Crippen molar-refractivity contribution in [1.82, 2.24) is 20.2 Å². The first-order chi connectivity index (χ1) is 14.3. The van der Waals surface area contributed by atoms with Gasteiger partial charge in [-0.25, -0.2) is 0 Å². The highest BCUT2D eigenvalue weighted by molar-refractivity contribution is 5.84. The summed E-state index contributed by atoms with van der Waals surface area (Å²) in [6.07, 6.45) is 8.24. The Hall–Kier alpha value is -3.80. The van der Waals surface area contributed by atoms with E-state index in [1.165, 1.54) is 5.56 Å². The highest BCUT2D eigenvalue weighted by atomic mass is 16.4. The zero-order chi connectivity index (χ0) is 19.6. The van der Waals surface area contributed by atoms with E-state index in [0.717, 1.165) is 34.4 Å². The van der Waals surface area contributed by atoms with Gasteiger partial charge in [-0.15, -0.1) is 5.10 Å². The molecule has 0 spiro atoms. The van der Waals surface area contributed by atoms with Gasteiger partial charge in [-0.2, -0.15) is 0 Å². The average Bonchev–Trinajstić information content (AvgIpc) is 3.41.